The lowest BCUT2D eigenvalue weighted by Crippen LogP contribution is -2.34. The normalized spacial score (nSPS) is 11.4. The van der Waals surface area contributed by atoms with Gasteiger partial charge in [0.15, 0.2) is 5.75 Å². The Hall–Kier alpha value is -1.66. The summed E-state index contributed by atoms with van der Waals surface area (Å²) < 4.78 is 5.37. The van der Waals surface area contributed by atoms with Crippen molar-refractivity contribution in [3.63, 3.8) is 0 Å². The Morgan fingerprint density at radius 1 is 1.37 bits per heavy atom. The van der Waals surface area contributed by atoms with Crippen LogP contribution in [0.5, 0.6) is 5.75 Å². The van der Waals surface area contributed by atoms with E-state index in [0.29, 0.717) is 18.4 Å². The second-order valence-corrected chi connectivity index (χ2v) is 4.44. The molecule has 0 fully saturated rings. The smallest absolute Gasteiger partial charge is 0.311 e. The number of nitro groups is 1. The molecule has 0 bridgehead atoms. The average molecular weight is 269 g/mol. The minimum absolute atomic E-state index is 0.000683. The van der Waals surface area contributed by atoms with E-state index in [-0.39, 0.29) is 24.7 Å². The molecule has 1 aromatic rings. The van der Waals surface area contributed by atoms with Gasteiger partial charge in [0.25, 0.3) is 0 Å². The third-order valence-electron chi connectivity index (χ3n) is 3.22. The number of aliphatic hydroxyl groups excluding tert-OH is 1. The first kappa shape index (κ1) is 15.4. The van der Waals surface area contributed by atoms with Gasteiger partial charge >= 0.3 is 5.69 Å². The van der Waals surface area contributed by atoms with Crippen LogP contribution in [0.15, 0.2) is 18.2 Å². The quantitative estimate of drug-likeness (QED) is 0.583. The van der Waals surface area contributed by atoms with Crippen LogP contribution in [0.1, 0.15) is 32.3 Å². The maximum absolute atomic E-state index is 10.9. The third-order valence-corrected chi connectivity index (χ3v) is 3.22. The summed E-state index contributed by atoms with van der Waals surface area (Å²) in [6, 6.07) is 4.26. The first-order valence-corrected chi connectivity index (χ1v) is 6.19. The fraction of sp³-hybridized carbons (Fsp3) is 0.538. The summed E-state index contributed by atoms with van der Waals surface area (Å²) in [6.07, 6.45) is 1.01. The van der Waals surface area contributed by atoms with Crippen LogP contribution in [0.2, 0.25) is 0 Å². The van der Waals surface area contributed by atoms with Gasteiger partial charge in [0.2, 0.25) is 0 Å². The van der Waals surface area contributed by atoms with Gasteiger partial charge in [-0.25, -0.2) is 0 Å². The van der Waals surface area contributed by atoms with Crippen LogP contribution in [0.3, 0.4) is 0 Å². The van der Waals surface area contributed by atoms with Gasteiger partial charge in [-0.2, -0.15) is 0 Å². The minimum atomic E-state index is -0.983. The molecule has 0 atom stereocenters. The number of hydrogen-bond donors (Lipinski definition) is 2. The summed E-state index contributed by atoms with van der Waals surface area (Å²) in [6.45, 7) is 3.39. The Bertz CT molecular complexity index is 443. The average Bonchev–Trinajstić information content (AvgIpc) is 2.44. The van der Waals surface area contributed by atoms with Crippen molar-refractivity contribution in [1.82, 2.24) is 0 Å². The standard InChI is InChI=1S/C13H19NO5/c1-3-13(16,4-2)9-19-12-6-5-10(8-15)7-11(12)14(17)18/h5-7,15-16H,3-4,8-9H2,1-2H3. The number of aliphatic hydroxyl groups is 2. The molecule has 0 aliphatic carbocycles. The molecule has 0 amide bonds. The molecule has 0 aliphatic rings. The molecule has 0 unspecified atom stereocenters. The van der Waals surface area contributed by atoms with Gasteiger partial charge in [0.1, 0.15) is 6.61 Å². The van der Waals surface area contributed by atoms with Gasteiger partial charge in [-0.1, -0.05) is 19.9 Å². The summed E-state index contributed by atoms with van der Waals surface area (Å²) >= 11 is 0. The van der Waals surface area contributed by atoms with Gasteiger partial charge < -0.3 is 14.9 Å². The molecule has 1 rings (SSSR count). The highest BCUT2D eigenvalue weighted by Gasteiger charge is 2.25. The molecular formula is C13H19NO5. The van der Waals surface area contributed by atoms with Crippen LogP contribution in [-0.2, 0) is 6.61 Å². The molecule has 0 aliphatic heterocycles. The zero-order chi connectivity index (χ0) is 14.5. The Morgan fingerprint density at radius 3 is 2.47 bits per heavy atom. The highest BCUT2D eigenvalue weighted by atomic mass is 16.6. The van der Waals surface area contributed by atoms with Crippen molar-refractivity contribution in [2.45, 2.75) is 38.9 Å². The first-order valence-electron chi connectivity index (χ1n) is 6.19. The van der Waals surface area contributed by atoms with Crippen LogP contribution >= 0.6 is 0 Å². The zero-order valence-electron chi connectivity index (χ0n) is 11.1. The van der Waals surface area contributed by atoms with E-state index in [4.69, 9.17) is 9.84 Å². The van der Waals surface area contributed by atoms with Gasteiger partial charge in [-0.3, -0.25) is 10.1 Å². The SMILES string of the molecule is CCC(O)(CC)COc1ccc(CO)cc1[N+](=O)[O-]. The Morgan fingerprint density at radius 2 is 2.00 bits per heavy atom. The predicted molar refractivity (Wildman–Crippen MR) is 70.0 cm³/mol. The number of ether oxygens (including phenoxy) is 1. The van der Waals surface area contributed by atoms with Gasteiger partial charge in [0.05, 0.1) is 17.1 Å². The van der Waals surface area contributed by atoms with Crippen molar-refractivity contribution in [3.8, 4) is 5.75 Å². The number of nitrogens with zero attached hydrogens (tertiary/aromatic N) is 1. The molecule has 0 spiro atoms. The Kier molecular flexibility index (Phi) is 5.26. The molecule has 1 aromatic carbocycles. The molecule has 106 valence electrons. The van der Waals surface area contributed by atoms with E-state index in [1.807, 2.05) is 13.8 Å². The third kappa shape index (κ3) is 3.90. The van der Waals surface area contributed by atoms with E-state index in [1.54, 1.807) is 6.07 Å². The number of rotatable bonds is 7. The molecule has 0 heterocycles. The topological polar surface area (TPSA) is 92.8 Å². The maximum atomic E-state index is 10.9. The second-order valence-electron chi connectivity index (χ2n) is 4.44. The van der Waals surface area contributed by atoms with Crippen LogP contribution in [0, 0.1) is 10.1 Å². The van der Waals surface area contributed by atoms with Crippen molar-refractivity contribution in [2.24, 2.45) is 0 Å². The minimum Gasteiger partial charge on any atom is -0.484 e. The summed E-state index contributed by atoms with van der Waals surface area (Å²) in [5.74, 6) is 0.0996. The van der Waals surface area contributed by atoms with Crippen LogP contribution < -0.4 is 4.74 Å². The van der Waals surface area contributed by atoms with Crippen molar-refractivity contribution >= 4 is 5.69 Å². The molecule has 19 heavy (non-hydrogen) atoms. The molecular weight excluding hydrogens is 250 g/mol. The molecule has 0 aromatic heterocycles. The Balaban J connectivity index is 2.92. The highest BCUT2D eigenvalue weighted by molar-refractivity contribution is 5.48. The van der Waals surface area contributed by atoms with E-state index in [2.05, 4.69) is 0 Å². The van der Waals surface area contributed by atoms with Crippen LogP contribution in [-0.4, -0.2) is 27.3 Å². The fourth-order valence-electron chi connectivity index (χ4n) is 1.59. The Labute approximate surface area is 111 Å². The van der Waals surface area contributed by atoms with E-state index >= 15 is 0 Å². The van der Waals surface area contributed by atoms with E-state index in [1.165, 1.54) is 12.1 Å². The lowest BCUT2D eigenvalue weighted by Gasteiger charge is -2.24. The summed E-state index contributed by atoms with van der Waals surface area (Å²) in [4.78, 5) is 10.4. The molecule has 2 N–H and O–H groups in total. The van der Waals surface area contributed by atoms with Crippen molar-refractivity contribution < 1.29 is 19.9 Å². The van der Waals surface area contributed by atoms with Gasteiger partial charge in [-0.05, 0) is 24.5 Å². The van der Waals surface area contributed by atoms with Crippen molar-refractivity contribution in [2.75, 3.05) is 6.61 Å². The number of nitro benzene ring substituents is 1. The first-order chi connectivity index (χ1) is 8.95. The van der Waals surface area contributed by atoms with Crippen LogP contribution in [0.4, 0.5) is 5.69 Å². The second kappa shape index (κ2) is 6.49. The molecule has 6 heteroatoms. The van der Waals surface area contributed by atoms with E-state index in [9.17, 15) is 15.2 Å². The lowest BCUT2D eigenvalue weighted by atomic mass is 9.99. The maximum Gasteiger partial charge on any atom is 0.311 e. The molecule has 0 saturated carbocycles. The summed E-state index contributed by atoms with van der Waals surface area (Å²) in [7, 11) is 0. The van der Waals surface area contributed by atoms with Crippen molar-refractivity contribution in [1.29, 1.82) is 0 Å². The monoisotopic (exact) mass is 269 g/mol. The summed E-state index contributed by atoms with van der Waals surface area (Å²) in [5.41, 5.74) is -0.745. The lowest BCUT2D eigenvalue weighted by molar-refractivity contribution is -0.386. The molecule has 6 nitrogen and oxygen atoms in total. The summed E-state index contributed by atoms with van der Waals surface area (Å²) in [5, 5.41) is 30.0. The highest BCUT2D eigenvalue weighted by Crippen LogP contribution is 2.29. The van der Waals surface area contributed by atoms with Gasteiger partial charge in [-0.15, -0.1) is 0 Å². The number of benzene rings is 1. The molecule has 0 saturated heterocycles. The van der Waals surface area contributed by atoms with Crippen LogP contribution in [0.25, 0.3) is 0 Å². The largest absolute Gasteiger partial charge is 0.484 e. The van der Waals surface area contributed by atoms with E-state index < -0.39 is 10.5 Å². The van der Waals surface area contributed by atoms with Crippen molar-refractivity contribution in [3.05, 3.63) is 33.9 Å². The van der Waals surface area contributed by atoms with Gasteiger partial charge in [0, 0.05) is 6.07 Å². The number of hydrogen-bond acceptors (Lipinski definition) is 5. The zero-order valence-corrected chi connectivity index (χ0v) is 11.1. The van der Waals surface area contributed by atoms with E-state index in [0.717, 1.165) is 0 Å². The predicted octanol–water partition coefficient (Wildman–Crippen LogP) is 2.02. The fourth-order valence-corrected chi connectivity index (χ4v) is 1.59. The molecule has 0 radical (unpaired) electrons.